The molecule has 1 saturated heterocycles. The van der Waals surface area contributed by atoms with Gasteiger partial charge >= 0.3 is 0 Å². The zero-order chi connectivity index (χ0) is 20.7. The molecule has 7 heteroatoms. The van der Waals surface area contributed by atoms with E-state index in [1.807, 2.05) is 31.2 Å². The van der Waals surface area contributed by atoms with Crippen molar-refractivity contribution in [1.29, 1.82) is 0 Å². The number of hydrogen-bond donors (Lipinski definition) is 1. The van der Waals surface area contributed by atoms with Gasteiger partial charge in [0.1, 0.15) is 0 Å². The van der Waals surface area contributed by atoms with Gasteiger partial charge in [0.2, 0.25) is 15.9 Å². The van der Waals surface area contributed by atoms with Crippen molar-refractivity contribution in [2.45, 2.75) is 18.2 Å². The molecule has 29 heavy (non-hydrogen) atoms. The number of rotatable bonds is 7. The standard InChI is InChI=1S/C22H26N2O4S/c1-18-2-4-19(5-3-18)8-11-22(25)23-13-12-20-6-9-21(10-7-20)29(26,27)24-14-16-28-17-15-24/h2-11H,12-17H2,1H3,(H,23,25)/b11-8+. The van der Waals surface area contributed by atoms with Crippen molar-refractivity contribution in [3.05, 3.63) is 71.3 Å². The largest absolute Gasteiger partial charge is 0.379 e. The Morgan fingerprint density at radius 1 is 1.07 bits per heavy atom. The first kappa shape index (κ1) is 21.2. The summed E-state index contributed by atoms with van der Waals surface area (Å²) in [6.07, 6.45) is 3.92. The van der Waals surface area contributed by atoms with E-state index in [9.17, 15) is 13.2 Å². The van der Waals surface area contributed by atoms with Crippen LogP contribution in [-0.4, -0.2) is 51.5 Å². The monoisotopic (exact) mass is 414 g/mol. The quantitative estimate of drug-likeness (QED) is 0.706. The fourth-order valence-electron chi connectivity index (χ4n) is 3.00. The molecule has 2 aromatic carbocycles. The van der Waals surface area contributed by atoms with Crippen molar-refractivity contribution >= 4 is 22.0 Å². The summed E-state index contributed by atoms with van der Waals surface area (Å²) in [6, 6.07) is 14.8. The van der Waals surface area contributed by atoms with Crippen LogP contribution in [0.25, 0.3) is 6.08 Å². The Bertz CT molecular complexity index is 945. The summed E-state index contributed by atoms with van der Waals surface area (Å²) in [5, 5.41) is 2.84. The minimum absolute atomic E-state index is 0.155. The van der Waals surface area contributed by atoms with Crippen molar-refractivity contribution < 1.29 is 17.9 Å². The number of nitrogens with zero attached hydrogens (tertiary/aromatic N) is 1. The number of sulfonamides is 1. The smallest absolute Gasteiger partial charge is 0.244 e. The second kappa shape index (κ2) is 9.82. The number of amides is 1. The maximum atomic E-state index is 12.6. The fraction of sp³-hybridized carbons (Fsp3) is 0.318. The molecule has 0 atom stereocenters. The van der Waals surface area contributed by atoms with E-state index in [1.165, 1.54) is 15.9 Å². The molecule has 0 radical (unpaired) electrons. The van der Waals surface area contributed by atoms with Gasteiger partial charge in [-0.15, -0.1) is 0 Å². The van der Waals surface area contributed by atoms with Crippen LogP contribution in [0.3, 0.4) is 0 Å². The molecule has 1 fully saturated rings. The molecule has 6 nitrogen and oxygen atoms in total. The Hall–Kier alpha value is -2.48. The molecule has 0 bridgehead atoms. The average Bonchev–Trinajstić information content (AvgIpc) is 2.74. The number of carbonyl (C=O) groups excluding carboxylic acids is 1. The Balaban J connectivity index is 1.48. The third kappa shape index (κ3) is 6.00. The van der Waals surface area contributed by atoms with Crippen LogP contribution in [0, 0.1) is 6.92 Å². The van der Waals surface area contributed by atoms with Crippen molar-refractivity contribution in [3.63, 3.8) is 0 Å². The number of benzene rings is 2. The van der Waals surface area contributed by atoms with Gasteiger partial charge in [-0.25, -0.2) is 8.42 Å². The van der Waals surface area contributed by atoms with Gasteiger partial charge in [-0.1, -0.05) is 42.0 Å². The van der Waals surface area contributed by atoms with E-state index in [-0.39, 0.29) is 10.8 Å². The van der Waals surface area contributed by atoms with Crippen molar-refractivity contribution in [3.8, 4) is 0 Å². The Kier molecular flexibility index (Phi) is 7.19. The lowest BCUT2D eigenvalue weighted by Crippen LogP contribution is -2.40. The van der Waals surface area contributed by atoms with Crippen LogP contribution in [0.1, 0.15) is 16.7 Å². The normalized spacial score (nSPS) is 15.5. The SMILES string of the molecule is Cc1ccc(/C=C/C(=O)NCCc2ccc(S(=O)(=O)N3CCOCC3)cc2)cc1. The van der Waals surface area contributed by atoms with Gasteiger partial charge in [0.25, 0.3) is 0 Å². The molecule has 1 amide bonds. The van der Waals surface area contributed by atoms with Gasteiger partial charge in [0.05, 0.1) is 18.1 Å². The summed E-state index contributed by atoms with van der Waals surface area (Å²) < 4.78 is 31.9. The van der Waals surface area contributed by atoms with E-state index < -0.39 is 10.0 Å². The molecule has 1 N–H and O–H groups in total. The first-order valence-corrected chi connectivity index (χ1v) is 11.1. The number of aryl methyl sites for hydroxylation is 1. The highest BCUT2D eigenvalue weighted by Crippen LogP contribution is 2.17. The summed E-state index contributed by atoms with van der Waals surface area (Å²) in [5.74, 6) is -0.155. The Labute approximate surface area is 172 Å². The number of morpholine rings is 1. The van der Waals surface area contributed by atoms with Crippen molar-refractivity contribution in [1.82, 2.24) is 9.62 Å². The van der Waals surface area contributed by atoms with Crippen LogP contribution in [0.4, 0.5) is 0 Å². The van der Waals surface area contributed by atoms with Crippen LogP contribution in [-0.2, 0) is 26.0 Å². The molecule has 1 heterocycles. The third-order valence-electron chi connectivity index (χ3n) is 4.75. The number of carbonyl (C=O) groups is 1. The molecule has 1 aliphatic rings. The zero-order valence-electron chi connectivity index (χ0n) is 16.5. The lowest BCUT2D eigenvalue weighted by Gasteiger charge is -2.26. The molecule has 0 aliphatic carbocycles. The molecular weight excluding hydrogens is 388 g/mol. The van der Waals surface area contributed by atoms with Crippen LogP contribution >= 0.6 is 0 Å². The van der Waals surface area contributed by atoms with Gasteiger partial charge in [0, 0.05) is 25.7 Å². The molecule has 154 valence electrons. The van der Waals surface area contributed by atoms with Gasteiger partial charge < -0.3 is 10.1 Å². The van der Waals surface area contributed by atoms with Crippen LogP contribution < -0.4 is 5.32 Å². The van der Waals surface area contributed by atoms with Gasteiger partial charge in [-0.2, -0.15) is 4.31 Å². The van der Waals surface area contributed by atoms with E-state index in [1.54, 1.807) is 30.3 Å². The highest BCUT2D eigenvalue weighted by atomic mass is 32.2. The molecule has 0 spiro atoms. The van der Waals surface area contributed by atoms with Crippen LogP contribution in [0.15, 0.2) is 59.5 Å². The molecule has 1 aliphatic heterocycles. The molecule has 2 aromatic rings. The predicted octanol–water partition coefficient (Wildman–Crippen LogP) is 2.39. The molecule has 0 unspecified atom stereocenters. The van der Waals surface area contributed by atoms with E-state index in [0.717, 1.165) is 11.1 Å². The highest BCUT2D eigenvalue weighted by Gasteiger charge is 2.25. The number of nitrogens with one attached hydrogen (secondary N) is 1. The Morgan fingerprint density at radius 2 is 1.72 bits per heavy atom. The van der Waals surface area contributed by atoms with E-state index in [2.05, 4.69) is 5.32 Å². The maximum absolute atomic E-state index is 12.6. The lowest BCUT2D eigenvalue weighted by atomic mass is 10.1. The zero-order valence-corrected chi connectivity index (χ0v) is 17.3. The first-order chi connectivity index (χ1) is 13.9. The third-order valence-corrected chi connectivity index (χ3v) is 6.66. The van der Waals surface area contributed by atoms with Gasteiger partial charge in [0.15, 0.2) is 0 Å². The number of hydrogen-bond acceptors (Lipinski definition) is 4. The fourth-order valence-corrected chi connectivity index (χ4v) is 4.41. The van der Waals surface area contributed by atoms with Crippen molar-refractivity contribution in [2.24, 2.45) is 0 Å². The average molecular weight is 415 g/mol. The second-order valence-electron chi connectivity index (χ2n) is 6.95. The van der Waals surface area contributed by atoms with Crippen LogP contribution in [0.2, 0.25) is 0 Å². The molecular formula is C22H26N2O4S. The highest BCUT2D eigenvalue weighted by molar-refractivity contribution is 7.89. The van der Waals surface area contributed by atoms with Gasteiger partial charge in [-0.3, -0.25) is 4.79 Å². The van der Waals surface area contributed by atoms with E-state index >= 15 is 0 Å². The van der Waals surface area contributed by atoms with E-state index in [4.69, 9.17) is 4.74 Å². The van der Waals surface area contributed by atoms with Gasteiger partial charge in [-0.05, 0) is 42.7 Å². The summed E-state index contributed by atoms with van der Waals surface area (Å²) >= 11 is 0. The lowest BCUT2D eigenvalue weighted by molar-refractivity contribution is -0.116. The Morgan fingerprint density at radius 3 is 2.38 bits per heavy atom. The maximum Gasteiger partial charge on any atom is 0.244 e. The second-order valence-corrected chi connectivity index (χ2v) is 8.88. The van der Waals surface area contributed by atoms with Crippen molar-refractivity contribution in [2.75, 3.05) is 32.8 Å². The molecule has 0 aromatic heterocycles. The summed E-state index contributed by atoms with van der Waals surface area (Å²) in [7, 11) is -3.47. The summed E-state index contributed by atoms with van der Waals surface area (Å²) in [4.78, 5) is 12.2. The minimum atomic E-state index is -3.47. The van der Waals surface area contributed by atoms with E-state index in [0.29, 0.717) is 39.3 Å². The minimum Gasteiger partial charge on any atom is -0.379 e. The molecule has 0 saturated carbocycles. The molecule has 3 rings (SSSR count). The van der Waals surface area contributed by atoms with Crippen LogP contribution in [0.5, 0.6) is 0 Å². The first-order valence-electron chi connectivity index (χ1n) is 9.64. The summed E-state index contributed by atoms with van der Waals surface area (Å²) in [5.41, 5.74) is 3.12. The topological polar surface area (TPSA) is 75.7 Å². The summed E-state index contributed by atoms with van der Waals surface area (Å²) in [6.45, 7) is 4.11. The predicted molar refractivity (Wildman–Crippen MR) is 113 cm³/mol. The number of ether oxygens (including phenoxy) is 1.